The summed E-state index contributed by atoms with van der Waals surface area (Å²) in [5.41, 5.74) is 2.16. The van der Waals surface area contributed by atoms with Crippen LogP contribution >= 0.6 is 0 Å². The van der Waals surface area contributed by atoms with Crippen molar-refractivity contribution < 1.29 is 38.4 Å². The van der Waals surface area contributed by atoms with E-state index in [9.17, 15) is 0 Å². The van der Waals surface area contributed by atoms with Crippen molar-refractivity contribution in [1.82, 2.24) is 9.80 Å². The van der Waals surface area contributed by atoms with Gasteiger partial charge in [-0.1, -0.05) is 24.3 Å². The molecule has 0 N–H and O–H groups in total. The fraction of sp³-hybridized carbons (Fsp3) is 0.286. The van der Waals surface area contributed by atoms with Gasteiger partial charge in [-0.05, 0) is 0 Å². The number of hydrogen-bond donors (Lipinski definition) is 0. The van der Waals surface area contributed by atoms with Crippen molar-refractivity contribution >= 4 is 0 Å². The average Bonchev–Trinajstić information content (AvgIpc) is 3.49. The largest absolute Gasteiger partial charge is 2.00 e. The van der Waals surface area contributed by atoms with Gasteiger partial charge in [0.15, 0.2) is 0 Å². The Hall–Kier alpha value is -2.86. The zero-order valence-electron chi connectivity index (χ0n) is 20.3. The van der Waals surface area contributed by atoms with Crippen LogP contribution < -0.4 is 18.9 Å². The molecule has 7 heteroatoms. The van der Waals surface area contributed by atoms with E-state index in [0.29, 0.717) is 13.6 Å². The molecule has 4 rings (SSSR count). The van der Waals surface area contributed by atoms with E-state index in [-0.39, 0.29) is 19.5 Å². The standard InChI is InChI=1S/2C14H16NO2.Zn/c2*1-3-7-15(8-4-2)10-12-5-6-13-14(9-12)17-11-16-13;/h2*3-4,6,9H,1-2,7-8,10-11H2;/q2*-1;+2. The first-order valence-electron chi connectivity index (χ1n) is 11.2. The molecule has 2 aliphatic heterocycles. The van der Waals surface area contributed by atoms with E-state index in [1.165, 1.54) is 0 Å². The number of fused-ring (bicyclic) bond motifs is 2. The van der Waals surface area contributed by atoms with E-state index >= 15 is 0 Å². The van der Waals surface area contributed by atoms with Gasteiger partial charge in [-0.15, -0.1) is 61.7 Å². The monoisotopic (exact) mass is 524 g/mol. The number of rotatable bonds is 12. The van der Waals surface area contributed by atoms with Gasteiger partial charge in [0.2, 0.25) is 13.6 Å². The molecule has 0 radical (unpaired) electrons. The van der Waals surface area contributed by atoms with Crippen LogP contribution in [0, 0.1) is 12.1 Å². The summed E-state index contributed by atoms with van der Waals surface area (Å²) in [7, 11) is 0. The van der Waals surface area contributed by atoms with Gasteiger partial charge in [0.05, 0.1) is 23.0 Å². The fourth-order valence-corrected chi connectivity index (χ4v) is 3.57. The van der Waals surface area contributed by atoms with E-state index in [0.717, 1.165) is 73.4 Å². The van der Waals surface area contributed by atoms with Gasteiger partial charge in [-0.3, -0.25) is 9.80 Å². The van der Waals surface area contributed by atoms with E-state index in [1.807, 2.05) is 48.6 Å². The molecule has 0 spiro atoms. The van der Waals surface area contributed by atoms with Gasteiger partial charge in [0.25, 0.3) is 0 Å². The quantitative estimate of drug-likeness (QED) is 0.226. The normalized spacial score (nSPS) is 12.4. The van der Waals surface area contributed by atoms with Gasteiger partial charge >= 0.3 is 19.5 Å². The van der Waals surface area contributed by atoms with Gasteiger partial charge in [0, 0.05) is 39.3 Å². The van der Waals surface area contributed by atoms with Gasteiger partial charge in [-0.25, -0.2) is 0 Å². The van der Waals surface area contributed by atoms with E-state index in [2.05, 4.69) is 48.2 Å². The minimum Gasteiger partial charge on any atom is -0.516 e. The summed E-state index contributed by atoms with van der Waals surface area (Å²) in [5.74, 6) is 3.15. The summed E-state index contributed by atoms with van der Waals surface area (Å²) in [6, 6.07) is 14.0. The molecule has 0 fully saturated rings. The Labute approximate surface area is 221 Å². The molecule has 2 aromatic carbocycles. The molecule has 0 atom stereocenters. The number of ether oxygens (including phenoxy) is 4. The third kappa shape index (κ3) is 8.70. The minimum atomic E-state index is 0. The van der Waals surface area contributed by atoms with Crippen LogP contribution in [0.15, 0.2) is 74.9 Å². The number of nitrogens with zero attached hydrogens (tertiary/aromatic N) is 2. The fourth-order valence-electron chi connectivity index (χ4n) is 3.57. The molecule has 180 valence electrons. The first-order valence-corrected chi connectivity index (χ1v) is 11.2. The smallest absolute Gasteiger partial charge is 0.516 e. The summed E-state index contributed by atoms with van der Waals surface area (Å²) in [6.45, 7) is 20.5. The maximum Gasteiger partial charge on any atom is 2.00 e. The summed E-state index contributed by atoms with van der Waals surface area (Å²) in [5, 5.41) is 0. The molecule has 2 heterocycles. The molecule has 35 heavy (non-hydrogen) atoms. The van der Waals surface area contributed by atoms with Crippen LogP contribution in [0.25, 0.3) is 0 Å². The molecule has 2 aliphatic rings. The second-order valence-electron chi connectivity index (χ2n) is 7.73. The van der Waals surface area contributed by atoms with Crippen LogP contribution in [-0.4, -0.2) is 49.6 Å². The maximum absolute atomic E-state index is 5.34. The summed E-state index contributed by atoms with van der Waals surface area (Å²) in [4.78, 5) is 4.43. The van der Waals surface area contributed by atoms with Gasteiger partial charge in [0.1, 0.15) is 0 Å². The molecule has 0 saturated carbocycles. The Morgan fingerprint density at radius 1 is 0.629 bits per heavy atom. The van der Waals surface area contributed by atoms with Crippen LogP contribution in [-0.2, 0) is 32.6 Å². The van der Waals surface area contributed by atoms with Crippen molar-refractivity contribution in [3.05, 3.63) is 98.1 Å². The Morgan fingerprint density at radius 2 is 0.971 bits per heavy atom. The van der Waals surface area contributed by atoms with E-state index < -0.39 is 0 Å². The Balaban J connectivity index is 0.000000240. The predicted octanol–water partition coefficient (Wildman–Crippen LogP) is 4.78. The summed E-state index contributed by atoms with van der Waals surface area (Å²) >= 11 is 0. The third-order valence-corrected chi connectivity index (χ3v) is 5.07. The van der Waals surface area contributed by atoms with Crippen molar-refractivity contribution in [2.45, 2.75) is 13.1 Å². The van der Waals surface area contributed by atoms with Gasteiger partial charge in [-0.2, -0.15) is 12.1 Å². The SMILES string of the molecule is C=CCN(CC=C)Cc1[c-]cc2c(c1)OCO2.C=CCN(CC=C)Cc1[c-]cc2c(c1)OCO2.[Zn+2]. The molecule has 0 amide bonds. The Kier molecular flexibility index (Phi) is 12.3. The van der Waals surface area contributed by atoms with E-state index in [1.54, 1.807) is 0 Å². The second-order valence-corrected chi connectivity index (χ2v) is 7.73. The third-order valence-electron chi connectivity index (χ3n) is 5.07. The zero-order valence-corrected chi connectivity index (χ0v) is 23.3. The average molecular weight is 526 g/mol. The first-order chi connectivity index (χ1) is 16.7. The molecular formula is C28H32N2O4Zn. The van der Waals surface area contributed by atoms with Crippen LogP contribution in [0.3, 0.4) is 0 Å². The Morgan fingerprint density at radius 3 is 1.31 bits per heavy atom. The molecule has 0 aromatic heterocycles. The van der Waals surface area contributed by atoms with Crippen LogP contribution in [0.4, 0.5) is 0 Å². The maximum atomic E-state index is 5.34. The van der Waals surface area contributed by atoms with Crippen molar-refractivity contribution in [3.63, 3.8) is 0 Å². The van der Waals surface area contributed by atoms with E-state index in [4.69, 9.17) is 18.9 Å². The summed E-state index contributed by atoms with van der Waals surface area (Å²) in [6.07, 6.45) is 7.54. The van der Waals surface area contributed by atoms with Crippen LogP contribution in [0.1, 0.15) is 11.1 Å². The topological polar surface area (TPSA) is 43.4 Å². The molecular weight excluding hydrogens is 494 g/mol. The predicted molar refractivity (Wildman–Crippen MR) is 134 cm³/mol. The molecule has 6 nitrogen and oxygen atoms in total. The van der Waals surface area contributed by atoms with Crippen molar-refractivity contribution in [2.24, 2.45) is 0 Å². The van der Waals surface area contributed by atoms with Crippen molar-refractivity contribution in [2.75, 3.05) is 39.8 Å². The molecule has 0 aliphatic carbocycles. The van der Waals surface area contributed by atoms with Gasteiger partial charge < -0.3 is 18.9 Å². The number of hydrogen-bond acceptors (Lipinski definition) is 6. The Bertz CT molecular complexity index is 895. The van der Waals surface area contributed by atoms with Crippen molar-refractivity contribution in [3.8, 4) is 23.0 Å². The summed E-state index contributed by atoms with van der Waals surface area (Å²) < 4.78 is 21.2. The number of benzene rings is 2. The minimum absolute atomic E-state index is 0. The molecule has 0 saturated heterocycles. The second kappa shape index (κ2) is 15.2. The molecule has 0 unspecified atom stereocenters. The van der Waals surface area contributed by atoms with Crippen LogP contribution in [0.5, 0.6) is 23.0 Å². The zero-order chi connectivity index (χ0) is 24.2. The first kappa shape index (κ1) is 28.4. The molecule has 0 bridgehead atoms. The molecule has 2 aromatic rings. The van der Waals surface area contributed by atoms with Crippen molar-refractivity contribution in [1.29, 1.82) is 0 Å². The van der Waals surface area contributed by atoms with Crippen LogP contribution in [0.2, 0.25) is 0 Å².